The lowest BCUT2D eigenvalue weighted by molar-refractivity contribution is -0.689. The molecule has 3 fully saturated rings. The number of aliphatic hydroxyl groups excluding tert-OH is 6. The highest BCUT2D eigenvalue weighted by Crippen LogP contribution is 2.52. The predicted molar refractivity (Wildman–Crippen MR) is 523 cm³/mol. The van der Waals surface area contributed by atoms with Gasteiger partial charge in [0, 0.05) is 110 Å². The van der Waals surface area contributed by atoms with Gasteiger partial charge in [0.05, 0.1) is 46.9 Å². The van der Waals surface area contributed by atoms with Crippen LogP contribution >= 0.6 is 46.5 Å². The number of amides is 11. The molecule has 27 N–H and O–H groups in total. The van der Waals surface area contributed by atoms with Crippen LogP contribution in [0.5, 0.6) is 46.0 Å². The number of fused-ring (bicyclic) bond motifs is 16. The number of halogens is 2. The number of nitrogens with two attached hydrogens (primary N) is 3. The lowest BCUT2D eigenvalue weighted by atomic mass is 9.86. The molecule has 2 aromatic heterocycles. The van der Waals surface area contributed by atoms with Crippen LogP contribution in [-0.4, -0.2) is 295 Å². The zero-order valence-electron chi connectivity index (χ0n) is 80.8. The molecule has 11 heterocycles. The Kier molecular flexibility index (Phi) is 35.2. The van der Waals surface area contributed by atoms with Gasteiger partial charge in [-0.3, -0.25) is 57.6 Å². The molecule has 9 aliphatic heterocycles. The van der Waals surface area contributed by atoms with Crippen LogP contribution in [0, 0.1) is 5.92 Å². The third kappa shape index (κ3) is 25.0. The van der Waals surface area contributed by atoms with Crippen molar-refractivity contribution >= 4 is 134 Å². The second kappa shape index (κ2) is 47.4. The van der Waals surface area contributed by atoms with Gasteiger partial charge in [-0.05, 0) is 128 Å². The fraction of sp³-hybridized carbons (Fsp3) is 0.442. The maximum absolute atomic E-state index is 16.5. The number of phenols is 3. The normalized spacial score (nSPS) is 25.7. The highest BCUT2D eigenvalue weighted by molar-refractivity contribution is 8.00. The summed E-state index contributed by atoms with van der Waals surface area (Å²) in [5.41, 5.74) is 13.4. The summed E-state index contributed by atoms with van der Waals surface area (Å²) in [6, 6.07) is -0.00987. The van der Waals surface area contributed by atoms with E-state index in [1.54, 1.807) is 50.0 Å². The Labute approximate surface area is 866 Å². The largest absolute Gasteiger partial charge is 0.507 e. The second-order valence-electron chi connectivity index (χ2n) is 37.0. The molecular weight excluding hydrogens is 2040 g/mol. The molecule has 2 unspecified atom stereocenters. The highest BCUT2D eigenvalue weighted by Gasteiger charge is 2.57. The third-order valence-electron chi connectivity index (χ3n) is 25.8. The Morgan fingerprint density at radius 1 is 0.758 bits per heavy atom. The van der Waals surface area contributed by atoms with Crippen LogP contribution in [0.1, 0.15) is 148 Å². The summed E-state index contributed by atoms with van der Waals surface area (Å²) < 4.78 is 44.3. The number of oxime groups is 1. The molecule has 54 heteroatoms. The number of hydrogen-bond acceptors (Lipinski definition) is 38. The molecule has 149 heavy (non-hydrogen) atoms. The van der Waals surface area contributed by atoms with Gasteiger partial charge < -0.3 is 165 Å². The van der Waals surface area contributed by atoms with Crippen molar-refractivity contribution in [2.75, 3.05) is 52.4 Å². The van der Waals surface area contributed by atoms with Crippen LogP contribution in [0.2, 0.25) is 10.0 Å². The van der Waals surface area contributed by atoms with E-state index in [0.29, 0.717) is 17.6 Å². The van der Waals surface area contributed by atoms with E-state index in [1.807, 2.05) is 0 Å². The number of likely N-dealkylation sites (N-methyl/N-ethyl adjacent to an activating group) is 1. The fourth-order valence-electron chi connectivity index (χ4n) is 18.0. The number of carbonyl (C=O) groups is 13. The maximum Gasteiger partial charge on any atom is 0.352 e. The minimum Gasteiger partial charge on any atom is -0.507 e. The number of hydrogen-bond donors (Lipinski definition) is 24. The number of carboxylic acids is 2. The Bertz CT molecular complexity index is 6400. The average molecular weight is 2150 g/mol. The zero-order chi connectivity index (χ0) is 108. The van der Waals surface area contributed by atoms with Crippen molar-refractivity contribution in [3.8, 4) is 57.1 Å². The molecule has 16 rings (SSSR count). The van der Waals surface area contributed by atoms with Crippen molar-refractivity contribution in [1.82, 2.24) is 72.3 Å². The van der Waals surface area contributed by atoms with Gasteiger partial charge in [0.2, 0.25) is 76.7 Å². The summed E-state index contributed by atoms with van der Waals surface area (Å²) in [4.78, 5) is 197. The number of nitrogens with one attached hydrogen (secondary N) is 10. The number of benzene rings is 5. The monoisotopic (exact) mass is 2150 g/mol. The average Bonchev–Trinajstić information content (AvgIpc) is 0.973. The van der Waals surface area contributed by atoms with E-state index in [1.165, 1.54) is 56.8 Å². The minimum atomic E-state index is -2.43. The quantitative estimate of drug-likeness (QED) is 0.00794. The number of unbranched alkanes of at least 4 members (excludes halogenated alkanes) is 1. The number of thioether (sulfide) groups is 1. The minimum absolute atomic E-state index is 0.0334. The molecule has 5 aromatic carbocycles. The molecule has 3 saturated heterocycles. The smallest absolute Gasteiger partial charge is 0.352 e. The Morgan fingerprint density at radius 3 is 2.03 bits per heavy atom. The summed E-state index contributed by atoms with van der Waals surface area (Å²) in [5, 5.41) is 157. The molecule has 0 spiro atoms. The number of phenolic OH excluding ortho intramolecular Hbond substituents is 3. The van der Waals surface area contributed by atoms with Crippen molar-refractivity contribution in [3.63, 3.8) is 0 Å². The van der Waals surface area contributed by atoms with Gasteiger partial charge in [0.25, 0.3) is 11.8 Å². The summed E-state index contributed by atoms with van der Waals surface area (Å²) in [5.74, 6) is -20.5. The molecule has 0 aliphatic carbocycles. The van der Waals surface area contributed by atoms with E-state index in [9.17, 15) is 94.5 Å². The fourth-order valence-corrected chi connectivity index (χ4v) is 20.2. The van der Waals surface area contributed by atoms with Crippen LogP contribution < -0.4 is 89.1 Å². The molecule has 9 aliphatic rings. The van der Waals surface area contributed by atoms with E-state index in [-0.39, 0.29) is 115 Å². The number of nitrogen functional groups attached to an aromatic ring is 1. The topological polar surface area (TPSA) is 756 Å². The maximum atomic E-state index is 16.5. The summed E-state index contributed by atoms with van der Waals surface area (Å²) in [6.45, 7) is 5.13. The summed E-state index contributed by atoms with van der Waals surface area (Å²) in [6.07, 6.45) is -15.2. The van der Waals surface area contributed by atoms with E-state index in [2.05, 4.69) is 67.7 Å². The number of nitrogens with zero attached hydrogens (tertiary/aromatic N) is 6. The molecule has 11 bridgehead atoms. The van der Waals surface area contributed by atoms with Crippen LogP contribution in [0.3, 0.4) is 0 Å². The van der Waals surface area contributed by atoms with Crippen molar-refractivity contribution in [2.24, 2.45) is 22.5 Å². The Hall–Kier alpha value is -13.8. The second-order valence-corrected chi connectivity index (χ2v) is 39.7. The molecular formula is C95H112Cl2N19O31S2+. The van der Waals surface area contributed by atoms with E-state index >= 15 is 24.0 Å². The highest BCUT2D eigenvalue weighted by atomic mass is 35.5. The standard InChI is InChI=1S/C95H111Cl2N19O31S2/c1-38(2)24-51(101-5)82(129)108-68-73(123)42-13-16-55(49(96)26-42)143-57-28-44-29-58(78(57)147-93-79(77(127)76(126)59(36-117)145-93)146-63-32-95(4,100)80(128)39(3)142-63)144-56-17-14-43(27-50(56)97)74(124)69-87(134)107-67(91(137)138)47-30-54(119)48(75(125)64(47)46-25-41(12-15-53(46)118)65(84(131)109-69)106-85(132)66(44)105-83(130)52(31-60(98)120)104-86(68)133)33-102-20-21-103-61(121)10-8-9-11-62(122)114(6)34-40-18-22-115(23-19-40)35-45-37-148-90-71(89(136)116(90)72(45)92(139)140)110-88(135)70(112-141-7)81-111-94(99)149-113-81/h12-19,22-23,25-30,38-39,51-52,59,63,65-69,71,73-74,76-77,79-80,90,93,101-102,117,123-124,126-128H,8-11,20-21,24,31-37,100H2,1-7H3,(H16-,98,99,103,104,105,106,107,108,109,110,111,112,113,118,119,120,121,125,129,130,131,132,133,134,135,137,138,139,140)/p+1/t39-,51+,52-,59+,63-,65?,66+,67-,68+,69?,71+,73+,74+,76+,77-,79+,80+,90+,93-,95-/m0/s1. The van der Waals surface area contributed by atoms with Gasteiger partial charge in [-0.15, -0.1) is 11.8 Å². The molecule has 11 amide bonds. The van der Waals surface area contributed by atoms with Crippen molar-refractivity contribution < 1.29 is 156 Å². The van der Waals surface area contributed by atoms with Crippen LogP contribution in [0.4, 0.5) is 5.13 Å². The summed E-state index contributed by atoms with van der Waals surface area (Å²) >= 11 is 16.4. The van der Waals surface area contributed by atoms with Crippen molar-refractivity contribution in [1.29, 1.82) is 0 Å². The van der Waals surface area contributed by atoms with E-state index < -0.39 is 295 Å². The van der Waals surface area contributed by atoms with Crippen molar-refractivity contribution in [2.45, 2.75) is 213 Å². The number of aliphatic hydroxyl groups is 6. The molecule has 50 nitrogen and oxygen atoms in total. The zero-order valence-corrected chi connectivity index (χ0v) is 83.9. The number of ether oxygens (including phenoxy) is 6. The van der Waals surface area contributed by atoms with Gasteiger partial charge in [-0.2, -0.15) is 9.36 Å². The SMILES string of the molecule is CN[C@H](CC(C)C)C(=O)N[C@H]1C(=O)N[C@@H](CC(N)=O)C(=O)N[C@H]2C(=O)NC3C(=O)NC(C(=O)N[C@H](C(=O)O)c4cc(O)c(CNCCNC(=O)CCCCC(=O)N(C)Cc5cc[n+](CC6=C(C(=O)O)N7C(=O)[C@@H](NC(=O)/C(=N\OC)c8nsc(N)n8)[C@H]7SC6)cc5)c(O)c4-c4cc3ccc4O)[C@H](O)c3ccc(c(Cl)c3)Oc3cc2cc(c3O[C@@H]2O[C@H](CO)[C@@H](O)[C@H](O)[C@H]2O[C@H]2C[C@](C)(N)[C@H](O)[C@H](C)O2)Oc2ccc(cc2Cl)[C@H]1O. The van der Waals surface area contributed by atoms with Gasteiger partial charge in [0.1, 0.15) is 114 Å². The Morgan fingerprint density at radius 2 is 1.41 bits per heavy atom. The molecule has 0 saturated carbocycles. The van der Waals surface area contributed by atoms with E-state index in [0.717, 1.165) is 77.1 Å². The van der Waals surface area contributed by atoms with E-state index in [4.69, 9.17) is 73.7 Å². The number of pyridine rings is 1. The number of primary amides is 1. The number of rotatable bonds is 32. The van der Waals surface area contributed by atoms with Crippen LogP contribution in [0.25, 0.3) is 11.1 Å². The number of aromatic hydroxyl groups is 3. The number of carboxylic acid groups (broad SMARTS) is 2. The Balaban J connectivity index is 0.736. The first-order chi connectivity index (χ1) is 70.7. The number of carbonyl (C=O) groups excluding carboxylic acids is 11. The van der Waals surface area contributed by atoms with Gasteiger partial charge >= 0.3 is 11.9 Å². The first-order valence-electron chi connectivity index (χ1n) is 46.8. The first-order valence-corrected chi connectivity index (χ1v) is 49.4. The van der Waals surface area contributed by atoms with Gasteiger partial charge in [-0.25, -0.2) is 14.2 Å². The third-order valence-corrected chi connectivity index (χ3v) is 28.3. The van der Waals surface area contributed by atoms with Gasteiger partial charge in [0.15, 0.2) is 54.0 Å². The molecule has 20 atom stereocenters. The number of β-lactam (4-membered cyclic amide) rings is 1. The van der Waals surface area contributed by atoms with Crippen LogP contribution in [0.15, 0.2) is 114 Å². The van der Waals surface area contributed by atoms with Gasteiger partial charge in [-0.1, -0.05) is 60.4 Å². The lowest BCUT2D eigenvalue weighted by Gasteiger charge is -2.49. The van der Waals surface area contributed by atoms with Crippen LogP contribution in [-0.2, 0) is 101 Å². The molecule has 798 valence electrons. The molecule has 7 aromatic rings. The predicted octanol–water partition coefficient (Wildman–Crippen LogP) is -0.959. The number of anilines is 1. The first kappa shape index (κ1) is 111. The number of aliphatic carboxylic acids is 2. The van der Waals surface area contributed by atoms with Crippen molar-refractivity contribution in [3.05, 3.63) is 163 Å². The summed E-state index contributed by atoms with van der Waals surface area (Å²) in [7, 11) is 4.25. The number of aromatic nitrogens is 3. The lowest BCUT2D eigenvalue weighted by Crippen LogP contribution is -2.71. The molecule has 0 radical (unpaired) electrons.